The quantitative estimate of drug-likeness (QED) is 0.816. The molecule has 0 bridgehead atoms. The fourth-order valence-electron chi connectivity index (χ4n) is 1.84. The summed E-state index contributed by atoms with van der Waals surface area (Å²) in [4.78, 5) is 16.1. The second-order valence-electron chi connectivity index (χ2n) is 5.06. The minimum atomic E-state index is -0.694. The second kappa shape index (κ2) is 6.49. The third-order valence-electron chi connectivity index (χ3n) is 3.35. The van der Waals surface area contributed by atoms with Crippen molar-refractivity contribution in [1.29, 1.82) is 0 Å². The molecular formula is C15H19NO4S. The van der Waals surface area contributed by atoms with Crippen molar-refractivity contribution in [3.8, 4) is 11.5 Å². The molecule has 0 amide bonds. The molecule has 6 heteroatoms. The predicted molar refractivity (Wildman–Crippen MR) is 83.6 cm³/mol. The van der Waals surface area contributed by atoms with Crippen LogP contribution in [0.4, 0.5) is 0 Å². The van der Waals surface area contributed by atoms with E-state index in [0.29, 0.717) is 35.3 Å². The van der Waals surface area contributed by atoms with Gasteiger partial charge in [0.05, 0.1) is 6.61 Å². The molecule has 21 heavy (non-hydrogen) atoms. The average Bonchev–Trinajstić information content (AvgIpc) is 2.83. The van der Waals surface area contributed by atoms with Crippen LogP contribution in [0.1, 0.15) is 19.4 Å². The highest BCUT2D eigenvalue weighted by molar-refractivity contribution is 8.14. The Balaban J connectivity index is 2.17. The van der Waals surface area contributed by atoms with E-state index in [1.807, 2.05) is 6.92 Å². The number of aliphatic imine (C=N–C) groups is 1. The lowest BCUT2D eigenvalue weighted by Crippen LogP contribution is -2.31. The van der Waals surface area contributed by atoms with Crippen molar-refractivity contribution in [3.05, 3.63) is 23.8 Å². The molecule has 0 fully saturated rings. The van der Waals surface area contributed by atoms with Crippen molar-refractivity contribution in [2.45, 2.75) is 19.4 Å². The largest absolute Gasteiger partial charge is 0.507 e. The first kappa shape index (κ1) is 15.9. The Morgan fingerprint density at radius 1 is 1.48 bits per heavy atom. The highest BCUT2D eigenvalue weighted by atomic mass is 32.2. The molecule has 1 aromatic carbocycles. The number of phenols is 1. The van der Waals surface area contributed by atoms with E-state index in [-0.39, 0.29) is 11.5 Å². The van der Waals surface area contributed by atoms with E-state index in [0.717, 1.165) is 0 Å². The summed E-state index contributed by atoms with van der Waals surface area (Å²) in [5, 5.41) is 10.8. The van der Waals surface area contributed by atoms with Gasteiger partial charge in [-0.2, -0.15) is 0 Å². The van der Waals surface area contributed by atoms with Gasteiger partial charge in [-0.05, 0) is 26.0 Å². The number of ether oxygens (including phenoxy) is 2. The molecule has 2 rings (SSSR count). The highest BCUT2D eigenvalue weighted by Gasteiger charge is 2.36. The van der Waals surface area contributed by atoms with E-state index in [1.54, 1.807) is 32.2 Å². The molecule has 0 saturated carbocycles. The lowest BCUT2D eigenvalue weighted by molar-refractivity contribution is -0.120. The predicted octanol–water partition coefficient (Wildman–Crippen LogP) is 2.26. The van der Waals surface area contributed by atoms with Crippen molar-refractivity contribution in [1.82, 2.24) is 0 Å². The molecule has 1 heterocycles. The molecular weight excluding hydrogens is 290 g/mol. The molecule has 0 unspecified atom stereocenters. The summed E-state index contributed by atoms with van der Waals surface area (Å²) in [5.74, 6) is 1.31. The maximum Gasteiger partial charge on any atom is 0.157 e. The molecule has 114 valence electrons. The van der Waals surface area contributed by atoms with Gasteiger partial charge in [0.1, 0.15) is 28.7 Å². The van der Waals surface area contributed by atoms with Crippen LogP contribution in [0, 0.1) is 0 Å². The first-order chi connectivity index (χ1) is 9.96. The van der Waals surface area contributed by atoms with Crippen LogP contribution >= 0.6 is 11.8 Å². The summed E-state index contributed by atoms with van der Waals surface area (Å²) in [6, 6.07) is 5.09. The lowest BCUT2D eigenvalue weighted by atomic mass is 10.0. The van der Waals surface area contributed by atoms with Gasteiger partial charge in [0.2, 0.25) is 0 Å². The Morgan fingerprint density at radius 3 is 2.81 bits per heavy atom. The normalized spacial score (nSPS) is 21.2. The SMILES string of the molecule is COCCOc1ccc(C2=N[C@@](C)(C(C)=O)CS2)c(O)c1. The first-order valence-corrected chi connectivity index (χ1v) is 7.63. The Bertz CT molecular complexity index is 573. The molecule has 0 radical (unpaired) electrons. The molecule has 0 spiro atoms. The van der Waals surface area contributed by atoms with Gasteiger partial charge < -0.3 is 14.6 Å². The molecule has 1 aliphatic rings. The van der Waals surface area contributed by atoms with Gasteiger partial charge >= 0.3 is 0 Å². The molecule has 1 atom stereocenters. The summed E-state index contributed by atoms with van der Waals surface area (Å²) >= 11 is 1.48. The van der Waals surface area contributed by atoms with Gasteiger partial charge in [0.25, 0.3) is 0 Å². The number of ketones is 1. The number of aromatic hydroxyl groups is 1. The number of rotatable bonds is 6. The Labute approximate surface area is 128 Å². The Hall–Kier alpha value is -1.53. The van der Waals surface area contributed by atoms with Crippen molar-refractivity contribution in [2.75, 3.05) is 26.1 Å². The number of Topliss-reactive ketones (excluding diaryl/α,β-unsaturated/α-hetero) is 1. The number of hydrogen-bond acceptors (Lipinski definition) is 6. The summed E-state index contributed by atoms with van der Waals surface area (Å²) in [7, 11) is 1.60. The number of hydrogen-bond donors (Lipinski definition) is 1. The lowest BCUT2D eigenvalue weighted by Gasteiger charge is -2.14. The van der Waals surface area contributed by atoms with Crippen molar-refractivity contribution < 1.29 is 19.4 Å². The van der Waals surface area contributed by atoms with Gasteiger partial charge in [-0.1, -0.05) is 0 Å². The number of phenolic OH excluding ortho intramolecular Hbond substituents is 1. The number of carbonyl (C=O) groups excluding carboxylic acids is 1. The zero-order valence-corrected chi connectivity index (χ0v) is 13.2. The topological polar surface area (TPSA) is 68.1 Å². The van der Waals surface area contributed by atoms with Crippen LogP contribution < -0.4 is 4.74 Å². The van der Waals surface area contributed by atoms with E-state index in [1.165, 1.54) is 11.8 Å². The fourth-order valence-corrected chi connectivity index (χ4v) is 3.12. The van der Waals surface area contributed by atoms with Crippen LogP contribution in [0.2, 0.25) is 0 Å². The summed E-state index contributed by atoms with van der Waals surface area (Å²) in [5.41, 5.74) is -0.0656. The number of methoxy groups -OCH3 is 1. The molecule has 5 nitrogen and oxygen atoms in total. The Morgan fingerprint density at radius 2 is 2.24 bits per heavy atom. The maximum atomic E-state index is 11.6. The highest BCUT2D eigenvalue weighted by Crippen LogP contribution is 2.35. The van der Waals surface area contributed by atoms with Gasteiger partial charge in [-0.15, -0.1) is 11.8 Å². The molecule has 1 N–H and O–H groups in total. The van der Waals surface area contributed by atoms with Gasteiger partial charge in [-0.25, -0.2) is 0 Å². The average molecular weight is 309 g/mol. The number of carbonyl (C=O) groups is 1. The summed E-state index contributed by atoms with van der Waals surface area (Å²) in [6.07, 6.45) is 0. The van der Waals surface area contributed by atoms with E-state index in [2.05, 4.69) is 4.99 Å². The second-order valence-corrected chi connectivity index (χ2v) is 6.02. The molecule has 0 aromatic heterocycles. The maximum absolute atomic E-state index is 11.6. The van der Waals surface area contributed by atoms with Crippen LogP contribution in [0.3, 0.4) is 0 Å². The van der Waals surface area contributed by atoms with Crippen molar-refractivity contribution in [2.24, 2.45) is 4.99 Å². The van der Waals surface area contributed by atoms with Crippen LogP contribution in [-0.4, -0.2) is 47.5 Å². The smallest absolute Gasteiger partial charge is 0.157 e. The van der Waals surface area contributed by atoms with Crippen LogP contribution in [0.5, 0.6) is 11.5 Å². The standard InChI is InChI=1S/C15H19NO4S/c1-10(17)15(2)9-21-14(16-15)12-5-4-11(8-13(12)18)20-7-6-19-3/h4-5,8,18H,6-7,9H2,1-3H3/t15-/m1/s1. The van der Waals surface area contributed by atoms with Crippen molar-refractivity contribution >= 4 is 22.6 Å². The number of benzene rings is 1. The third-order valence-corrected chi connectivity index (χ3v) is 4.64. The fraction of sp³-hybridized carbons (Fsp3) is 0.467. The van der Waals surface area contributed by atoms with Gasteiger partial charge in [0.15, 0.2) is 5.78 Å². The van der Waals surface area contributed by atoms with Gasteiger partial charge in [-0.3, -0.25) is 9.79 Å². The van der Waals surface area contributed by atoms with Crippen LogP contribution in [-0.2, 0) is 9.53 Å². The zero-order valence-electron chi connectivity index (χ0n) is 12.4. The third kappa shape index (κ3) is 3.57. The minimum absolute atomic E-state index is 0.0315. The Kier molecular flexibility index (Phi) is 4.90. The number of thioether (sulfide) groups is 1. The minimum Gasteiger partial charge on any atom is -0.507 e. The summed E-state index contributed by atoms with van der Waals surface area (Å²) in [6.45, 7) is 4.27. The van der Waals surface area contributed by atoms with Crippen LogP contribution in [0.25, 0.3) is 0 Å². The van der Waals surface area contributed by atoms with E-state index in [9.17, 15) is 9.90 Å². The van der Waals surface area contributed by atoms with Gasteiger partial charge in [0, 0.05) is 24.5 Å². The molecule has 1 aromatic rings. The molecule has 0 aliphatic carbocycles. The number of nitrogens with zero attached hydrogens (tertiary/aromatic N) is 1. The van der Waals surface area contributed by atoms with E-state index in [4.69, 9.17) is 9.47 Å². The van der Waals surface area contributed by atoms with E-state index >= 15 is 0 Å². The first-order valence-electron chi connectivity index (χ1n) is 6.65. The van der Waals surface area contributed by atoms with Crippen LogP contribution in [0.15, 0.2) is 23.2 Å². The molecule has 0 saturated heterocycles. The summed E-state index contributed by atoms with van der Waals surface area (Å²) < 4.78 is 10.3. The molecule has 1 aliphatic heterocycles. The monoisotopic (exact) mass is 309 g/mol. The van der Waals surface area contributed by atoms with E-state index < -0.39 is 5.54 Å². The zero-order chi connectivity index (χ0) is 15.5. The van der Waals surface area contributed by atoms with Crippen molar-refractivity contribution in [3.63, 3.8) is 0 Å².